The Balaban J connectivity index is 1.71. The van der Waals surface area contributed by atoms with Gasteiger partial charge in [0.2, 0.25) is 0 Å². The number of halogens is 1. The van der Waals surface area contributed by atoms with Crippen molar-refractivity contribution in [3.8, 4) is 0 Å². The molecule has 3 rings (SSSR count). The Hall–Kier alpha value is -1.59. The number of para-hydroxylation sites is 2. The molecule has 0 unspecified atom stereocenters. The minimum absolute atomic E-state index is 0.0542. The summed E-state index contributed by atoms with van der Waals surface area (Å²) >= 11 is 4.67. The molecule has 3 aromatic rings. The number of oxazole rings is 1. The minimum atomic E-state index is 0.0542. The molecule has 2 aromatic carbocycles. The van der Waals surface area contributed by atoms with Gasteiger partial charge in [-0.2, -0.15) is 0 Å². The Morgan fingerprint density at radius 3 is 2.85 bits per heavy atom. The molecule has 0 aliphatic rings. The lowest BCUT2D eigenvalue weighted by molar-refractivity contribution is 0.102. The maximum atomic E-state index is 12.1. The second-order valence-corrected chi connectivity index (χ2v) is 6.01. The Morgan fingerprint density at radius 2 is 2.05 bits per heavy atom. The summed E-state index contributed by atoms with van der Waals surface area (Å²) in [6.07, 6.45) is 0. The molecule has 0 aliphatic heterocycles. The SMILES string of the molecule is O=C(CSc1nc2ccccc2o1)c1cccc(Br)c1. The zero-order valence-electron chi connectivity index (χ0n) is 10.4. The predicted molar refractivity (Wildman–Crippen MR) is 83.2 cm³/mol. The van der Waals surface area contributed by atoms with Gasteiger partial charge in [0.25, 0.3) is 5.22 Å². The molecule has 0 aliphatic carbocycles. The Morgan fingerprint density at radius 1 is 1.20 bits per heavy atom. The van der Waals surface area contributed by atoms with E-state index >= 15 is 0 Å². The molecule has 0 saturated carbocycles. The van der Waals surface area contributed by atoms with Crippen LogP contribution in [0.4, 0.5) is 0 Å². The van der Waals surface area contributed by atoms with Crippen LogP contribution in [0, 0.1) is 0 Å². The molecule has 3 nitrogen and oxygen atoms in total. The number of benzene rings is 2. The number of carbonyl (C=O) groups excluding carboxylic acids is 1. The lowest BCUT2D eigenvalue weighted by Gasteiger charge is -1.99. The van der Waals surface area contributed by atoms with E-state index in [9.17, 15) is 4.79 Å². The van der Waals surface area contributed by atoms with Gasteiger partial charge in [-0.3, -0.25) is 4.79 Å². The summed E-state index contributed by atoms with van der Waals surface area (Å²) in [4.78, 5) is 16.4. The van der Waals surface area contributed by atoms with Crippen LogP contribution in [0.1, 0.15) is 10.4 Å². The van der Waals surface area contributed by atoms with Gasteiger partial charge in [0.1, 0.15) is 5.52 Å². The lowest BCUT2D eigenvalue weighted by Crippen LogP contribution is -2.01. The van der Waals surface area contributed by atoms with Crippen molar-refractivity contribution in [2.24, 2.45) is 0 Å². The highest BCUT2D eigenvalue weighted by atomic mass is 79.9. The van der Waals surface area contributed by atoms with E-state index in [0.717, 1.165) is 15.6 Å². The first-order valence-corrected chi connectivity index (χ1v) is 7.77. The van der Waals surface area contributed by atoms with Gasteiger partial charge in [0.15, 0.2) is 11.4 Å². The summed E-state index contributed by atoms with van der Waals surface area (Å²) < 4.78 is 6.47. The van der Waals surface area contributed by atoms with E-state index in [0.29, 0.717) is 16.5 Å². The molecule has 0 saturated heterocycles. The fraction of sp³-hybridized carbons (Fsp3) is 0.0667. The van der Waals surface area contributed by atoms with Crippen molar-refractivity contribution in [1.29, 1.82) is 0 Å². The van der Waals surface area contributed by atoms with Gasteiger partial charge in [0.05, 0.1) is 5.75 Å². The van der Waals surface area contributed by atoms with E-state index in [2.05, 4.69) is 20.9 Å². The predicted octanol–water partition coefficient (Wildman–Crippen LogP) is 4.57. The third-order valence-electron chi connectivity index (χ3n) is 2.75. The number of aromatic nitrogens is 1. The number of fused-ring (bicyclic) bond motifs is 1. The van der Waals surface area contributed by atoms with Gasteiger partial charge in [-0.25, -0.2) is 4.98 Å². The van der Waals surface area contributed by atoms with Crippen LogP contribution in [0.5, 0.6) is 0 Å². The van der Waals surface area contributed by atoms with Crippen molar-refractivity contribution in [3.63, 3.8) is 0 Å². The van der Waals surface area contributed by atoms with Crippen molar-refractivity contribution in [2.75, 3.05) is 5.75 Å². The number of ketones is 1. The quantitative estimate of drug-likeness (QED) is 0.512. The molecule has 100 valence electrons. The normalized spacial score (nSPS) is 10.8. The zero-order chi connectivity index (χ0) is 13.9. The molecular formula is C15H10BrNO2S. The smallest absolute Gasteiger partial charge is 0.257 e. The molecular weight excluding hydrogens is 338 g/mol. The van der Waals surface area contributed by atoms with Crippen LogP contribution >= 0.6 is 27.7 Å². The first kappa shape index (κ1) is 13.4. The Labute approximate surface area is 128 Å². The summed E-state index contributed by atoms with van der Waals surface area (Å²) in [5.41, 5.74) is 2.23. The van der Waals surface area contributed by atoms with E-state index in [4.69, 9.17) is 4.42 Å². The molecule has 1 heterocycles. The summed E-state index contributed by atoms with van der Waals surface area (Å²) in [5, 5.41) is 0.523. The Kier molecular flexibility index (Phi) is 3.89. The number of hydrogen-bond acceptors (Lipinski definition) is 4. The number of nitrogens with zero attached hydrogens (tertiary/aromatic N) is 1. The second-order valence-electron chi connectivity index (χ2n) is 4.17. The monoisotopic (exact) mass is 347 g/mol. The lowest BCUT2D eigenvalue weighted by atomic mass is 10.2. The molecule has 5 heteroatoms. The van der Waals surface area contributed by atoms with Crippen LogP contribution in [0.25, 0.3) is 11.1 Å². The number of carbonyl (C=O) groups is 1. The fourth-order valence-electron chi connectivity index (χ4n) is 1.79. The maximum Gasteiger partial charge on any atom is 0.257 e. The summed E-state index contributed by atoms with van der Waals surface area (Å²) in [5.74, 6) is 0.363. The van der Waals surface area contributed by atoms with Crippen LogP contribution < -0.4 is 0 Å². The fourth-order valence-corrected chi connectivity index (χ4v) is 2.92. The van der Waals surface area contributed by atoms with Crippen molar-refractivity contribution in [1.82, 2.24) is 4.98 Å². The van der Waals surface area contributed by atoms with Gasteiger partial charge < -0.3 is 4.42 Å². The molecule has 0 N–H and O–H groups in total. The molecule has 0 spiro atoms. The molecule has 0 fully saturated rings. The van der Waals surface area contributed by atoms with Crippen LogP contribution in [0.15, 0.2) is 62.6 Å². The molecule has 0 atom stereocenters. The number of Topliss-reactive ketones (excluding diaryl/α,β-unsaturated/α-hetero) is 1. The molecule has 0 amide bonds. The third-order valence-corrected chi connectivity index (χ3v) is 4.07. The molecule has 20 heavy (non-hydrogen) atoms. The summed E-state index contributed by atoms with van der Waals surface area (Å²) in [7, 11) is 0. The van der Waals surface area contributed by atoms with Crippen molar-refractivity contribution >= 4 is 44.6 Å². The third kappa shape index (κ3) is 2.94. The highest BCUT2D eigenvalue weighted by Crippen LogP contribution is 2.24. The van der Waals surface area contributed by atoms with E-state index in [1.54, 1.807) is 6.07 Å². The Bertz CT molecular complexity index is 736. The van der Waals surface area contributed by atoms with Crippen molar-refractivity contribution in [2.45, 2.75) is 5.22 Å². The van der Waals surface area contributed by atoms with Gasteiger partial charge >= 0.3 is 0 Å². The van der Waals surface area contributed by atoms with Gasteiger partial charge in [-0.1, -0.05) is 52.0 Å². The topological polar surface area (TPSA) is 43.1 Å². The number of rotatable bonds is 4. The first-order valence-electron chi connectivity index (χ1n) is 5.99. The average Bonchev–Trinajstić information content (AvgIpc) is 2.87. The van der Waals surface area contributed by atoms with Crippen molar-refractivity contribution < 1.29 is 9.21 Å². The summed E-state index contributed by atoms with van der Waals surface area (Å²) in [6, 6.07) is 14.9. The second kappa shape index (κ2) is 5.81. The van der Waals surface area contributed by atoms with Gasteiger partial charge in [0, 0.05) is 10.0 Å². The number of hydrogen-bond donors (Lipinski definition) is 0. The van der Waals surface area contributed by atoms with Crippen LogP contribution in [0.2, 0.25) is 0 Å². The highest BCUT2D eigenvalue weighted by Gasteiger charge is 2.11. The van der Waals surface area contributed by atoms with E-state index in [1.165, 1.54) is 11.8 Å². The number of thioether (sulfide) groups is 1. The zero-order valence-corrected chi connectivity index (χ0v) is 12.8. The van der Waals surface area contributed by atoms with Gasteiger partial charge in [-0.05, 0) is 24.3 Å². The van der Waals surface area contributed by atoms with Crippen molar-refractivity contribution in [3.05, 3.63) is 58.6 Å². The molecule has 0 radical (unpaired) electrons. The first-order chi connectivity index (χ1) is 9.72. The van der Waals surface area contributed by atoms with Crippen LogP contribution in [0.3, 0.4) is 0 Å². The standard InChI is InChI=1S/C15H10BrNO2S/c16-11-5-3-4-10(8-11)13(18)9-20-15-17-12-6-1-2-7-14(12)19-15/h1-8H,9H2. The van der Waals surface area contributed by atoms with E-state index in [1.807, 2.05) is 42.5 Å². The maximum absolute atomic E-state index is 12.1. The average molecular weight is 348 g/mol. The molecule has 0 bridgehead atoms. The van der Waals surface area contributed by atoms with E-state index < -0.39 is 0 Å². The molecule has 1 aromatic heterocycles. The van der Waals surface area contributed by atoms with Gasteiger partial charge in [-0.15, -0.1) is 0 Å². The summed E-state index contributed by atoms with van der Waals surface area (Å²) in [6.45, 7) is 0. The van der Waals surface area contributed by atoms with Crippen LogP contribution in [-0.2, 0) is 0 Å². The van der Waals surface area contributed by atoms with E-state index in [-0.39, 0.29) is 5.78 Å². The van der Waals surface area contributed by atoms with Crippen LogP contribution in [-0.4, -0.2) is 16.5 Å². The highest BCUT2D eigenvalue weighted by molar-refractivity contribution is 9.10. The largest absolute Gasteiger partial charge is 0.431 e. The minimum Gasteiger partial charge on any atom is -0.431 e.